The Morgan fingerprint density at radius 2 is 2.06 bits per heavy atom. The maximum Gasteiger partial charge on any atom is 0.168 e. The van der Waals surface area contributed by atoms with Gasteiger partial charge in [0.25, 0.3) is 0 Å². The normalized spacial score (nSPS) is 16.6. The van der Waals surface area contributed by atoms with Gasteiger partial charge in [0.2, 0.25) is 0 Å². The molecule has 0 atom stereocenters. The van der Waals surface area contributed by atoms with Gasteiger partial charge in [-0.3, -0.25) is 4.79 Å². The number of pyridine rings is 1. The van der Waals surface area contributed by atoms with Gasteiger partial charge in [-0.25, -0.2) is 4.98 Å². The van der Waals surface area contributed by atoms with Gasteiger partial charge in [-0.1, -0.05) is 0 Å². The van der Waals surface area contributed by atoms with Gasteiger partial charge in [-0.2, -0.15) is 5.26 Å². The van der Waals surface area contributed by atoms with Gasteiger partial charge < -0.3 is 9.80 Å². The van der Waals surface area contributed by atoms with E-state index in [2.05, 4.69) is 27.9 Å². The van der Waals surface area contributed by atoms with E-state index in [0.29, 0.717) is 23.4 Å². The lowest BCUT2D eigenvalue weighted by Crippen LogP contribution is -2.45. The Bertz CT molecular complexity index is 458. The molecule has 0 aliphatic carbocycles. The molecule has 0 aromatic carbocycles. The number of carbonyl (C=O) groups is 1. The molecule has 88 valence electrons. The van der Waals surface area contributed by atoms with Crippen molar-refractivity contribution < 1.29 is 4.79 Å². The molecule has 1 aromatic rings. The molecule has 2 heterocycles. The number of hydrogen-bond donors (Lipinski definition) is 0. The number of aldehydes is 1. The summed E-state index contributed by atoms with van der Waals surface area (Å²) >= 11 is 0. The Kier molecular flexibility index (Phi) is 3.35. The van der Waals surface area contributed by atoms with Crippen molar-refractivity contribution in [2.24, 2.45) is 0 Å². The molecule has 5 heteroatoms. The molecule has 5 nitrogen and oxygen atoms in total. The van der Waals surface area contributed by atoms with E-state index in [-0.39, 0.29) is 0 Å². The van der Waals surface area contributed by atoms with Crippen molar-refractivity contribution >= 4 is 12.1 Å². The van der Waals surface area contributed by atoms with Crippen LogP contribution in [-0.4, -0.2) is 49.4 Å². The summed E-state index contributed by atoms with van der Waals surface area (Å²) in [6.45, 7) is 3.55. The Balaban J connectivity index is 2.30. The van der Waals surface area contributed by atoms with Crippen LogP contribution in [0.5, 0.6) is 0 Å². The summed E-state index contributed by atoms with van der Waals surface area (Å²) in [4.78, 5) is 19.2. The number of nitrogens with zero attached hydrogens (tertiary/aromatic N) is 4. The molecular formula is C12H14N4O. The summed E-state index contributed by atoms with van der Waals surface area (Å²) in [5.41, 5.74) is 0.901. The monoisotopic (exact) mass is 230 g/mol. The lowest BCUT2D eigenvalue weighted by atomic mass is 10.2. The lowest BCUT2D eigenvalue weighted by Gasteiger charge is -2.33. The minimum absolute atomic E-state index is 0.373. The maximum absolute atomic E-state index is 10.7. The van der Waals surface area contributed by atoms with Crippen LogP contribution in [0.1, 0.15) is 16.1 Å². The van der Waals surface area contributed by atoms with Gasteiger partial charge >= 0.3 is 0 Å². The molecular weight excluding hydrogens is 216 g/mol. The Morgan fingerprint density at radius 1 is 1.35 bits per heavy atom. The second kappa shape index (κ2) is 4.93. The van der Waals surface area contributed by atoms with E-state index in [1.165, 1.54) is 0 Å². The molecule has 17 heavy (non-hydrogen) atoms. The van der Waals surface area contributed by atoms with Crippen LogP contribution in [0, 0.1) is 11.3 Å². The summed E-state index contributed by atoms with van der Waals surface area (Å²) in [7, 11) is 2.07. The van der Waals surface area contributed by atoms with Crippen molar-refractivity contribution in [3.63, 3.8) is 0 Å². The van der Waals surface area contributed by atoms with Crippen LogP contribution >= 0.6 is 0 Å². The van der Waals surface area contributed by atoms with Crippen LogP contribution < -0.4 is 4.90 Å². The summed E-state index contributed by atoms with van der Waals surface area (Å²) in [6.07, 6.45) is 0.709. The van der Waals surface area contributed by atoms with Gasteiger partial charge in [-0.05, 0) is 19.2 Å². The average molecular weight is 230 g/mol. The third kappa shape index (κ3) is 2.43. The number of hydrogen-bond acceptors (Lipinski definition) is 5. The summed E-state index contributed by atoms with van der Waals surface area (Å²) in [5, 5.41) is 9.05. The van der Waals surface area contributed by atoms with E-state index < -0.39 is 0 Å². The van der Waals surface area contributed by atoms with Gasteiger partial charge in [-0.15, -0.1) is 0 Å². The molecule has 1 saturated heterocycles. The Labute approximate surface area is 100 Å². The van der Waals surface area contributed by atoms with E-state index in [1.54, 1.807) is 12.1 Å². The molecule has 2 rings (SSSR count). The minimum atomic E-state index is 0.373. The van der Waals surface area contributed by atoms with E-state index in [4.69, 9.17) is 5.26 Å². The van der Waals surface area contributed by atoms with Crippen LogP contribution in [0.15, 0.2) is 12.1 Å². The summed E-state index contributed by atoms with van der Waals surface area (Å²) in [6, 6.07) is 5.35. The number of anilines is 1. The lowest BCUT2D eigenvalue weighted by molar-refractivity contribution is 0.111. The molecule has 1 aliphatic rings. The predicted octanol–water partition coefficient (Wildman–Crippen LogP) is 0.518. The fourth-order valence-electron chi connectivity index (χ4n) is 1.88. The second-order valence-corrected chi connectivity index (χ2v) is 4.13. The first-order chi connectivity index (χ1) is 8.24. The van der Waals surface area contributed by atoms with Crippen molar-refractivity contribution in [1.82, 2.24) is 9.88 Å². The predicted molar refractivity (Wildman–Crippen MR) is 64.0 cm³/mol. The van der Waals surface area contributed by atoms with Crippen LogP contribution in [0.4, 0.5) is 5.82 Å². The SMILES string of the molecule is CN1CCN(c2nc(C=O)ccc2C#N)CC1. The maximum atomic E-state index is 10.7. The van der Waals surface area contributed by atoms with Crippen molar-refractivity contribution in [2.45, 2.75) is 0 Å². The fourth-order valence-corrected chi connectivity index (χ4v) is 1.88. The first kappa shape index (κ1) is 11.6. The molecule has 1 fully saturated rings. The zero-order valence-corrected chi connectivity index (χ0v) is 9.76. The van der Waals surface area contributed by atoms with Gasteiger partial charge in [0.1, 0.15) is 17.6 Å². The van der Waals surface area contributed by atoms with E-state index >= 15 is 0 Å². The number of aromatic nitrogens is 1. The number of carbonyl (C=O) groups excluding carboxylic acids is 1. The number of rotatable bonds is 2. The molecule has 0 radical (unpaired) electrons. The number of nitriles is 1. The van der Waals surface area contributed by atoms with Crippen molar-refractivity contribution in [1.29, 1.82) is 5.26 Å². The third-order valence-electron chi connectivity index (χ3n) is 2.94. The van der Waals surface area contributed by atoms with E-state index in [9.17, 15) is 4.79 Å². The van der Waals surface area contributed by atoms with Crippen molar-refractivity contribution in [3.8, 4) is 6.07 Å². The highest BCUT2D eigenvalue weighted by molar-refractivity contribution is 5.74. The zero-order chi connectivity index (χ0) is 12.3. The Morgan fingerprint density at radius 3 is 2.65 bits per heavy atom. The molecule has 0 unspecified atom stereocenters. The molecule has 0 spiro atoms. The van der Waals surface area contributed by atoms with Crippen LogP contribution in [0.3, 0.4) is 0 Å². The highest BCUT2D eigenvalue weighted by Crippen LogP contribution is 2.18. The second-order valence-electron chi connectivity index (χ2n) is 4.13. The minimum Gasteiger partial charge on any atom is -0.353 e. The van der Waals surface area contributed by atoms with Crippen molar-refractivity contribution in [2.75, 3.05) is 38.1 Å². The highest BCUT2D eigenvalue weighted by atomic mass is 16.1. The topological polar surface area (TPSA) is 60.2 Å². The van der Waals surface area contributed by atoms with Gasteiger partial charge in [0, 0.05) is 26.2 Å². The van der Waals surface area contributed by atoms with Gasteiger partial charge in [0.15, 0.2) is 6.29 Å². The average Bonchev–Trinajstić information content (AvgIpc) is 2.39. The fraction of sp³-hybridized carbons (Fsp3) is 0.417. The van der Waals surface area contributed by atoms with E-state index in [1.807, 2.05) is 0 Å². The Hall–Kier alpha value is -1.93. The quantitative estimate of drug-likeness (QED) is 0.693. The number of piperazine rings is 1. The zero-order valence-electron chi connectivity index (χ0n) is 9.76. The third-order valence-corrected chi connectivity index (χ3v) is 2.94. The van der Waals surface area contributed by atoms with Crippen LogP contribution in [0.25, 0.3) is 0 Å². The van der Waals surface area contributed by atoms with Crippen molar-refractivity contribution in [3.05, 3.63) is 23.4 Å². The largest absolute Gasteiger partial charge is 0.353 e. The molecule has 0 N–H and O–H groups in total. The summed E-state index contributed by atoms with van der Waals surface area (Å²) < 4.78 is 0. The molecule has 0 bridgehead atoms. The summed E-state index contributed by atoms with van der Waals surface area (Å²) in [5.74, 6) is 0.630. The molecule has 1 aromatic heterocycles. The number of likely N-dealkylation sites (N-methyl/N-ethyl adjacent to an activating group) is 1. The standard InChI is InChI=1S/C12H14N4O/c1-15-4-6-16(7-5-15)12-10(8-13)2-3-11(9-17)14-12/h2-3,9H,4-7H2,1H3. The molecule has 0 saturated carbocycles. The van der Waals surface area contributed by atoms with E-state index in [0.717, 1.165) is 26.2 Å². The smallest absolute Gasteiger partial charge is 0.168 e. The highest BCUT2D eigenvalue weighted by Gasteiger charge is 2.18. The molecule has 1 aliphatic heterocycles. The molecule has 0 amide bonds. The first-order valence-corrected chi connectivity index (χ1v) is 5.54. The van der Waals surface area contributed by atoms with Crippen LogP contribution in [0.2, 0.25) is 0 Å². The van der Waals surface area contributed by atoms with Gasteiger partial charge in [0.05, 0.1) is 5.56 Å². The first-order valence-electron chi connectivity index (χ1n) is 5.54. The van der Waals surface area contributed by atoms with Crippen LogP contribution in [-0.2, 0) is 0 Å².